The van der Waals surface area contributed by atoms with Gasteiger partial charge in [-0.2, -0.15) is 0 Å². The van der Waals surface area contributed by atoms with E-state index in [0.717, 1.165) is 12.1 Å². The van der Waals surface area contributed by atoms with E-state index in [-0.39, 0.29) is 12.1 Å². The van der Waals surface area contributed by atoms with Crippen LogP contribution in [0.25, 0.3) is 10.9 Å². The van der Waals surface area contributed by atoms with Crippen molar-refractivity contribution < 1.29 is 32.6 Å². The fourth-order valence-electron chi connectivity index (χ4n) is 2.04. The first-order valence-electron chi connectivity index (χ1n) is 6.55. The Morgan fingerprint density at radius 3 is 2.65 bits per heavy atom. The molecule has 1 amide bonds. The quantitative estimate of drug-likeness (QED) is 0.786. The van der Waals surface area contributed by atoms with E-state index in [1.165, 1.54) is 19.1 Å². The van der Waals surface area contributed by atoms with E-state index < -0.39 is 30.0 Å². The van der Waals surface area contributed by atoms with Gasteiger partial charge < -0.3 is 20.1 Å². The highest BCUT2D eigenvalue weighted by Gasteiger charge is 2.31. The average Bonchev–Trinajstić information content (AvgIpc) is 2.78. The third kappa shape index (κ3) is 4.63. The zero-order valence-electron chi connectivity index (χ0n) is 11.9. The third-order valence-electron chi connectivity index (χ3n) is 2.93. The van der Waals surface area contributed by atoms with Crippen molar-refractivity contribution >= 4 is 22.8 Å². The summed E-state index contributed by atoms with van der Waals surface area (Å²) in [5.74, 6) is -2.00. The molecule has 0 aliphatic rings. The largest absolute Gasteiger partial charge is 0.573 e. The summed E-state index contributed by atoms with van der Waals surface area (Å²) in [6, 6.07) is 4.51. The van der Waals surface area contributed by atoms with Gasteiger partial charge in [0.1, 0.15) is 11.4 Å². The number of carboxylic acids is 1. The molecule has 2 aromatic rings. The highest BCUT2D eigenvalue weighted by molar-refractivity contribution is 5.98. The number of fused-ring (bicyclic) bond motifs is 1. The molecule has 124 valence electrons. The highest BCUT2D eigenvalue weighted by atomic mass is 19.4. The SMILES string of the molecule is CC(CC(=O)O)NC(=O)c1cc2ccc(OC(F)(F)F)cc2[nH]1. The molecule has 1 unspecified atom stereocenters. The lowest BCUT2D eigenvalue weighted by Crippen LogP contribution is -2.34. The summed E-state index contributed by atoms with van der Waals surface area (Å²) in [5.41, 5.74) is 0.407. The van der Waals surface area contributed by atoms with Crippen LogP contribution in [0.2, 0.25) is 0 Å². The summed E-state index contributed by atoms with van der Waals surface area (Å²) in [6.07, 6.45) is -5.04. The Labute approximate surface area is 128 Å². The van der Waals surface area contributed by atoms with Crippen molar-refractivity contribution in [3.05, 3.63) is 30.0 Å². The minimum Gasteiger partial charge on any atom is -0.481 e. The van der Waals surface area contributed by atoms with Gasteiger partial charge in [-0.05, 0) is 25.1 Å². The number of aromatic nitrogens is 1. The second-order valence-corrected chi connectivity index (χ2v) is 4.95. The zero-order chi connectivity index (χ0) is 17.2. The number of rotatable bonds is 5. The van der Waals surface area contributed by atoms with Gasteiger partial charge in [-0.25, -0.2) is 0 Å². The first kappa shape index (κ1) is 16.7. The van der Waals surface area contributed by atoms with Gasteiger partial charge in [0.25, 0.3) is 5.91 Å². The van der Waals surface area contributed by atoms with Crippen LogP contribution in [0.3, 0.4) is 0 Å². The van der Waals surface area contributed by atoms with Crippen molar-refractivity contribution in [1.29, 1.82) is 0 Å². The first-order valence-corrected chi connectivity index (χ1v) is 6.55. The molecule has 0 fully saturated rings. The highest BCUT2D eigenvalue weighted by Crippen LogP contribution is 2.26. The fraction of sp³-hybridized carbons (Fsp3) is 0.286. The number of carboxylic acid groups (broad SMARTS) is 1. The van der Waals surface area contributed by atoms with Crippen LogP contribution in [-0.2, 0) is 4.79 Å². The molecule has 0 saturated carbocycles. The number of carbonyl (C=O) groups is 2. The van der Waals surface area contributed by atoms with Crippen molar-refractivity contribution in [2.24, 2.45) is 0 Å². The predicted molar refractivity (Wildman–Crippen MR) is 74.2 cm³/mol. The molecule has 2 rings (SSSR count). The molecule has 0 spiro atoms. The van der Waals surface area contributed by atoms with Crippen LogP contribution in [0.4, 0.5) is 13.2 Å². The number of hydrogen-bond acceptors (Lipinski definition) is 3. The van der Waals surface area contributed by atoms with Crippen molar-refractivity contribution in [3.8, 4) is 5.75 Å². The van der Waals surface area contributed by atoms with Crippen LogP contribution in [0, 0.1) is 0 Å². The molecule has 6 nitrogen and oxygen atoms in total. The normalized spacial score (nSPS) is 12.9. The Hall–Kier alpha value is -2.71. The van der Waals surface area contributed by atoms with E-state index >= 15 is 0 Å². The summed E-state index contributed by atoms with van der Waals surface area (Å²) in [6.45, 7) is 1.53. The summed E-state index contributed by atoms with van der Waals surface area (Å²) in [4.78, 5) is 25.2. The van der Waals surface area contributed by atoms with E-state index in [1.54, 1.807) is 0 Å². The number of halogens is 3. The van der Waals surface area contributed by atoms with Crippen LogP contribution in [-0.4, -0.2) is 34.4 Å². The molecular formula is C14H13F3N2O4. The molecule has 0 aliphatic carbocycles. The molecule has 3 N–H and O–H groups in total. The average molecular weight is 330 g/mol. The van der Waals surface area contributed by atoms with Gasteiger partial charge >= 0.3 is 12.3 Å². The van der Waals surface area contributed by atoms with Crippen molar-refractivity contribution in [3.63, 3.8) is 0 Å². The predicted octanol–water partition coefficient (Wildman–Crippen LogP) is 2.66. The van der Waals surface area contributed by atoms with Gasteiger partial charge in [-0.3, -0.25) is 9.59 Å². The molecule has 0 aliphatic heterocycles. The lowest BCUT2D eigenvalue weighted by atomic mass is 10.2. The number of hydrogen-bond donors (Lipinski definition) is 3. The lowest BCUT2D eigenvalue weighted by Gasteiger charge is -2.10. The maximum atomic E-state index is 12.2. The van der Waals surface area contributed by atoms with Crippen LogP contribution in [0.15, 0.2) is 24.3 Å². The van der Waals surface area contributed by atoms with E-state index in [2.05, 4.69) is 15.0 Å². The Morgan fingerprint density at radius 1 is 1.35 bits per heavy atom. The van der Waals surface area contributed by atoms with Crippen LogP contribution in [0.1, 0.15) is 23.8 Å². The number of amides is 1. The number of nitrogens with one attached hydrogen (secondary N) is 2. The molecular weight excluding hydrogens is 317 g/mol. The number of ether oxygens (including phenoxy) is 1. The topological polar surface area (TPSA) is 91.4 Å². The molecule has 0 saturated heterocycles. The summed E-state index contributed by atoms with van der Waals surface area (Å²) in [7, 11) is 0. The Balaban J connectivity index is 2.16. The number of alkyl halides is 3. The van der Waals surface area contributed by atoms with Gasteiger partial charge in [0.15, 0.2) is 0 Å². The molecule has 9 heteroatoms. The molecule has 0 radical (unpaired) electrons. The molecule has 1 aromatic heterocycles. The van der Waals surface area contributed by atoms with Gasteiger partial charge in [0, 0.05) is 23.0 Å². The Kier molecular flexibility index (Phi) is 4.48. The summed E-state index contributed by atoms with van der Waals surface area (Å²) >= 11 is 0. The lowest BCUT2D eigenvalue weighted by molar-refractivity contribution is -0.274. The molecule has 1 heterocycles. The second kappa shape index (κ2) is 6.19. The Bertz CT molecular complexity index is 739. The molecule has 1 atom stereocenters. The number of aliphatic carboxylic acids is 1. The van der Waals surface area contributed by atoms with Crippen LogP contribution >= 0.6 is 0 Å². The van der Waals surface area contributed by atoms with Gasteiger partial charge in [-0.1, -0.05) is 0 Å². The van der Waals surface area contributed by atoms with E-state index in [4.69, 9.17) is 5.11 Å². The fourth-order valence-corrected chi connectivity index (χ4v) is 2.04. The van der Waals surface area contributed by atoms with Gasteiger partial charge in [-0.15, -0.1) is 13.2 Å². The van der Waals surface area contributed by atoms with Gasteiger partial charge in [0.2, 0.25) is 0 Å². The van der Waals surface area contributed by atoms with Crippen molar-refractivity contribution in [2.75, 3.05) is 0 Å². The molecule has 1 aromatic carbocycles. The number of H-pyrrole nitrogens is 1. The minimum atomic E-state index is -4.80. The maximum Gasteiger partial charge on any atom is 0.573 e. The second-order valence-electron chi connectivity index (χ2n) is 4.95. The number of aromatic amines is 1. The van der Waals surface area contributed by atoms with Crippen molar-refractivity contribution in [1.82, 2.24) is 10.3 Å². The summed E-state index contributed by atoms with van der Waals surface area (Å²) in [5, 5.41) is 11.6. The standard InChI is InChI=1S/C14H13F3N2O4/c1-7(4-12(20)21)18-13(22)11-5-8-2-3-9(6-10(8)19-11)23-14(15,16)17/h2-3,5-7,19H,4H2,1H3,(H,18,22)(H,20,21). The van der Waals surface area contributed by atoms with E-state index in [0.29, 0.717) is 10.9 Å². The number of benzene rings is 1. The third-order valence-corrected chi connectivity index (χ3v) is 2.93. The van der Waals surface area contributed by atoms with E-state index in [1.807, 2.05) is 0 Å². The summed E-state index contributed by atoms with van der Waals surface area (Å²) < 4.78 is 40.3. The van der Waals surface area contributed by atoms with Crippen molar-refractivity contribution in [2.45, 2.75) is 25.7 Å². The molecule has 0 bridgehead atoms. The van der Waals surface area contributed by atoms with Crippen LogP contribution in [0.5, 0.6) is 5.75 Å². The minimum absolute atomic E-state index is 0.112. The molecule has 23 heavy (non-hydrogen) atoms. The van der Waals surface area contributed by atoms with Gasteiger partial charge in [0.05, 0.1) is 6.42 Å². The smallest absolute Gasteiger partial charge is 0.481 e. The zero-order valence-corrected chi connectivity index (χ0v) is 11.9. The van der Waals surface area contributed by atoms with E-state index in [9.17, 15) is 22.8 Å². The van der Waals surface area contributed by atoms with Crippen LogP contribution < -0.4 is 10.1 Å². The Morgan fingerprint density at radius 2 is 2.04 bits per heavy atom. The number of carbonyl (C=O) groups excluding carboxylic acids is 1. The monoisotopic (exact) mass is 330 g/mol. The first-order chi connectivity index (χ1) is 10.6. The maximum absolute atomic E-state index is 12.2.